The summed E-state index contributed by atoms with van der Waals surface area (Å²) in [6.07, 6.45) is 8.02. The van der Waals surface area contributed by atoms with E-state index in [-0.39, 0.29) is 0 Å². The lowest BCUT2D eigenvalue weighted by atomic mass is 9.94. The Bertz CT molecular complexity index is 328. The number of unbranched alkanes of at least 4 members (excludes halogenated alkanes) is 1. The first kappa shape index (κ1) is 9.32. The summed E-state index contributed by atoms with van der Waals surface area (Å²) in [5, 5.41) is 3.43. The van der Waals surface area contributed by atoms with Crippen molar-refractivity contribution in [1.29, 1.82) is 0 Å². The van der Waals surface area contributed by atoms with Gasteiger partial charge in [-0.3, -0.25) is 0 Å². The van der Waals surface area contributed by atoms with Crippen LogP contribution in [-0.2, 0) is 0 Å². The van der Waals surface area contributed by atoms with Crippen LogP contribution in [-0.4, -0.2) is 0 Å². The Kier molecular flexibility index (Phi) is 2.87. The van der Waals surface area contributed by atoms with Crippen molar-refractivity contribution in [3.05, 3.63) is 41.6 Å². The number of benzene rings is 1. The molecule has 0 amide bonds. The Morgan fingerprint density at radius 2 is 2.14 bits per heavy atom. The third-order valence-corrected chi connectivity index (χ3v) is 2.78. The molecule has 0 radical (unpaired) electrons. The second-order valence-corrected chi connectivity index (χ2v) is 3.82. The molecule has 1 nitrogen and oxygen atoms in total. The molecule has 1 unspecified atom stereocenters. The lowest BCUT2D eigenvalue weighted by Crippen LogP contribution is -2.19. The summed E-state index contributed by atoms with van der Waals surface area (Å²) in [4.78, 5) is 0. The SMILES string of the molecule is CCCCC1NC=Cc2ccccc21. The van der Waals surface area contributed by atoms with Crippen LogP contribution in [0.3, 0.4) is 0 Å². The highest BCUT2D eigenvalue weighted by molar-refractivity contribution is 5.56. The van der Waals surface area contributed by atoms with Gasteiger partial charge in [0.05, 0.1) is 6.04 Å². The molecule has 0 fully saturated rings. The third kappa shape index (κ3) is 1.82. The summed E-state index contributed by atoms with van der Waals surface area (Å²) in [7, 11) is 0. The van der Waals surface area contributed by atoms with Gasteiger partial charge in [0.25, 0.3) is 0 Å². The van der Waals surface area contributed by atoms with E-state index in [1.54, 1.807) is 0 Å². The van der Waals surface area contributed by atoms with E-state index in [2.05, 4.69) is 48.8 Å². The van der Waals surface area contributed by atoms with E-state index >= 15 is 0 Å². The summed E-state index contributed by atoms with van der Waals surface area (Å²) >= 11 is 0. The molecule has 1 heterocycles. The minimum atomic E-state index is 0.524. The van der Waals surface area contributed by atoms with Gasteiger partial charge in [-0.2, -0.15) is 0 Å². The van der Waals surface area contributed by atoms with E-state index in [1.165, 1.54) is 30.4 Å². The third-order valence-electron chi connectivity index (χ3n) is 2.78. The average Bonchev–Trinajstić information content (AvgIpc) is 2.26. The Balaban J connectivity index is 2.18. The lowest BCUT2D eigenvalue weighted by Gasteiger charge is -2.23. The van der Waals surface area contributed by atoms with E-state index < -0.39 is 0 Å². The summed E-state index contributed by atoms with van der Waals surface area (Å²) < 4.78 is 0. The van der Waals surface area contributed by atoms with E-state index in [0.717, 1.165) is 0 Å². The summed E-state index contributed by atoms with van der Waals surface area (Å²) in [6.45, 7) is 2.24. The molecule has 0 aliphatic carbocycles. The molecule has 0 saturated carbocycles. The largest absolute Gasteiger partial charge is 0.384 e. The van der Waals surface area contributed by atoms with Crippen LogP contribution in [0.5, 0.6) is 0 Å². The molecule has 1 aliphatic heterocycles. The van der Waals surface area contributed by atoms with E-state index in [1.807, 2.05) is 0 Å². The number of hydrogen-bond donors (Lipinski definition) is 1. The summed E-state index contributed by atoms with van der Waals surface area (Å²) in [6, 6.07) is 9.16. The summed E-state index contributed by atoms with van der Waals surface area (Å²) in [5.74, 6) is 0. The monoisotopic (exact) mass is 187 g/mol. The number of hydrogen-bond acceptors (Lipinski definition) is 1. The van der Waals surface area contributed by atoms with Gasteiger partial charge >= 0.3 is 0 Å². The van der Waals surface area contributed by atoms with Gasteiger partial charge in [0.1, 0.15) is 0 Å². The molecule has 1 N–H and O–H groups in total. The highest BCUT2D eigenvalue weighted by atomic mass is 14.9. The summed E-state index contributed by atoms with van der Waals surface area (Å²) in [5.41, 5.74) is 2.82. The van der Waals surface area contributed by atoms with Crippen molar-refractivity contribution in [2.45, 2.75) is 32.2 Å². The average molecular weight is 187 g/mol. The molecule has 74 valence electrons. The van der Waals surface area contributed by atoms with Crippen molar-refractivity contribution in [1.82, 2.24) is 5.32 Å². The Morgan fingerprint density at radius 1 is 1.29 bits per heavy atom. The molecule has 2 rings (SSSR count). The minimum Gasteiger partial charge on any atom is -0.384 e. The molecule has 1 aromatic rings. The molecular weight excluding hydrogens is 170 g/mol. The van der Waals surface area contributed by atoms with Crippen LogP contribution in [0, 0.1) is 0 Å². The molecule has 1 heteroatoms. The second-order valence-electron chi connectivity index (χ2n) is 3.82. The maximum absolute atomic E-state index is 3.43. The fourth-order valence-electron chi connectivity index (χ4n) is 1.97. The molecule has 14 heavy (non-hydrogen) atoms. The predicted molar refractivity (Wildman–Crippen MR) is 60.9 cm³/mol. The first-order chi connectivity index (χ1) is 6.92. The zero-order chi connectivity index (χ0) is 9.80. The van der Waals surface area contributed by atoms with Crippen molar-refractivity contribution in [2.24, 2.45) is 0 Å². The van der Waals surface area contributed by atoms with Crippen LogP contribution in [0.25, 0.3) is 6.08 Å². The lowest BCUT2D eigenvalue weighted by molar-refractivity contribution is 0.537. The van der Waals surface area contributed by atoms with Crippen LogP contribution in [0.15, 0.2) is 30.5 Å². The van der Waals surface area contributed by atoms with Gasteiger partial charge in [0.15, 0.2) is 0 Å². The highest BCUT2D eigenvalue weighted by Crippen LogP contribution is 2.26. The van der Waals surface area contributed by atoms with Gasteiger partial charge in [0.2, 0.25) is 0 Å². The van der Waals surface area contributed by atoms with Gasteiger partial charge in [-0.15, -0.1) is 0 Å². The molecule has 0 bridgehead atoms. The van der Waals surface area contributed by atoms with Gasteiger partial charge in [-0.25, -0.2) is 0 Å². The van der Waals surface area contributed by atoms with Gasteiger partial charge in [0, 0.05) is 0 Å². The number of nitrogens with one attached hydrogen (secondary N) is 1. The van der Waals surface area contributed by atoms with Crippen LogP contribution in [0.4, 0.5) is 0 Å². The van der Waals surface area contributed by atoms with Crippen molar-refractivity contribution < 1.29 is 0 Å². The van der Waals surface area contributed by atoms with Crippen molar-refractivity contribution in [3.63, 3.8) is 0 Å². The Labute approximate surface area is 85.8 Å². The topological polar surface area (TPSA) is 12.0 Å². The van der Waals surface area contributed by atoms with E-state index in [0.29, 0.717) is 6.04 Å². The minimum absolute atomic E-state index is 0.524. The van der Waals surface area contributed by atoms with Crippen LogP contribution < -0.4 is 5.32 Å². The Hall–Kier alpha value is -1.24. The molecule has 0 aromatic heterocycles. The molecular formula is C13H17N. The first-order valence-electron chi connectivity index (χ1n) is 5.43. The first-order valence-corrected chi connectivity index (χ1v) is 5.43. The van der Waals surface area contributed by atoms with Crippen molar-refractivity contribution in [2.75, 3.05) is 0 Å². The van der Waals surface area contributed by atoms with E-state index in [9.17, 15) is 0 Å². The highest BCUT2D eigenvalue weighted by Gasteiger charge is 2.14. The maximum Gasteiger partial charge on any atom is 0.0514 e. The van der Waals surface area contributed by atoms with Gasteiger partial charge < -0.3 is 5.32 Å². The molecule has 0 saturated heterocycles. The van der Waals surface area contributed by atoms with Crippen molar-refractivity contribution >= 4 is 6.08 Å². The zero-order valence-corrected chi connectivity index (χ0v) is 8.66. The standard InChI is InChI=1S/C13H17N/c1-2-3-8-13-12-7-5-4-6-11(12)9-10-14-13/h4-7,9-10,13-14H,2-3,8H2,1H3. The molecule has 0 spiro atoms. The predicted octanol–water partition coefficient (Wildman–Crippen LogP) is 3.49. The normalized spacial score (nSPS) is 18.8. The quantitative estimate of drug-likeness (QED) is 0.763. The molecule has 1 aliphatic rings. The number of fused-ring (bicyclic) bond motifs is 1. The van der Waals surface area contributed by atoms with Gasteiger partial charge in [-0.05, 0) is 29.8 Å². The maximum atomic E-state index is 3.43. The number of rotatable bonds is 3. The molecule has 1 aromatic carbocycles. The molecule has 1 atom stereocenters. The van der Waals surface area contributed by atoms with Crippen LogP contribution in [0.2, 0.25) is 0 Å². The van der Waals surface area contributed by atoms with E-state index in [4.69, 9.17) is 0 Å². The van der Waals surface area contributed by atoms with Crippen LogP contribution >= 0.6 is 0 Å². The smallest absolute Gasteiger partial charge is 0.0514 e. The second kappa shape index (κ2) is 4.32. The van der Waals surface area contributed by atoms with Crippen LogP contribution in [0.1, 0.15) is 43.4 Å². The fraction of sp³-hybridized carbons (Fsp3) is 0.385. The Morgan fingerprint density at radius 3 is 3.00 bits per heavy atom. The van der Waals surface area contributed by atoms with Gasteiger partial charge in [-0.1, -0.05) is 44.0 Å². The van der Waals surface area contributed by atoms with Crippen molar-refractivity contribution in [3.8, 4) is 0 Å². The zero-order valence-electron chi connectivity index (χ0n) is 8.66. The fourth-order valence-corrected chi connectivity index (χ4v) is 1.97.